The van der Waals surface area contributed by atoms with Gasteiger partial charge < -0.3 is 19.4 Å². The number of nitrogens with zero attached hydrogens (tertiary/aromatic N) is 2. The molecule has 0 radical (unpaired) electrons. The van der Waals surface area contributed by atoms with E-state index in [-0.39, 0.29) is 24.2 Å². The largest absolute Gasteiger partial charge is 0.467 e. The molecule has 1 N–H and O–H groups in total. The first-order valence-electron chi connectivity index (χ1n) is 10.1. The van der Waals surface area contributed by atoms with Crippen molar-refractivity contribution < 1.29 is 18.7 Å². The van der Waals surface area contributed by atoms with Gasteiger partial charge in [0.2, 0.25) is 11.8 Å². The molecule has 2 saturated heterocycles. The molecule has 1 aromatic heterocycles. The quantitative estimate of drug-likeness (QED) is 0.771. The number of hydrogen-bond acceptors (Lipinski definition) is 5. The van der Waals surface area contributed by atoms with Crippen molar-refractivity contribution in [1.82, 2.24) is 15.1 Å². The molecule has 154 valence electrons. The van der Waals surface area contributed by atoms with Crippen LogP contribution >= 0.6 is 0 Å². The first kappa shape index (κ1) is 19.7. The summed E-state index contributed by atoms with van der Waals surface area (Å²) in [6.45, 7) is 5.56. The normalized spacial score (nSPS) is 20.2. The lowest BCUT2D eigenvalue weighted by atomic mass is 10.1. The summed E-state index contributed by atoms with van der Waals surface area (Å²) in [6.07, 6.45) is 1.84. The molecular weight excluding hydrogens is 370 g/mol. The number of amides is 2. The zero-order valence-electron chi connectivity index (χ0n) is 16.5. The SMILES string of the molecule is O=C(NCc1ccccc1CN1CCOCC1)C1CC(=O)N(Cc2ccco2)C1. The zero-order valence-corrected chi connectivity index (χ0v) is 16.5. The van der Waals surface area contributed by atoms with E-state index in [0.29, 0.717) is 19.6 Å². The van der Waals surface area contributed by atoms with Crippen molar-refractivity contribution in [3.05, 3.63) is 59.5 Å². The van der Waals surface area contributed by atoms with Gasteiger partial charge in [-0.15, -0.1) is 0 Å². The van der Waals surface area contributed by atoms with Gasteiger partial charge in [0, 0.05) is 39.1 Å². The summed E-state index contributed by atoms with van der Waals surface area (Å²) in [7, 11) is 0. The summed E-state index contributed by atoms with van der Waals surface area (Å²) in [4.78, 5) is 29.0. The van der Waals surface area contributed by atoms with Crippen molar-refractivity contribution in [2.45, 2.75) is 26.1 Å². The number of ether oxygens (including phenoxy) is 1. The van der Waals surface area contributed by atoms with Gasteiger partial charge in [-0.05, 0) is 23.3 Å². The number of carbonyl (C=O) groups excluding carboxylic acids is 2. The van der Waals surface area contributed by atoms with Gasteiger partial charge in [-0.1, -0.05) is 24.3 Å². The maximum atomic E-state index is 12.7. The van der Waals surface area contributed by atoms with Crippen LogP contribution in [0.25, 0.3) is 0 Å². The first-order valence-corrected chi connectivity index (χ1v) is 10.1. The molecule has 7 nitrogen and oxygen atoms in total. The summed E-state index contributed by atoms with van der Waals surface area (Å²) in [5, 5.41) is 3.03. The number of benzene rings is 1. The fraction of sp³-hybridized carbons (Fsp3) is 0.455. The van der Waals surface area contributed by atoms with E-state index in [1.54, 1.807) is 17.2 Å². The average Bonchev–Trinajstić information content (AvgIpc) is 3.38. The van der Waals surface area contributed by atoms with Gasteiger partial charge in [0.05, 0.1) is 31.9 Å². The topological polar surface area (TPSA) is 75.0 Å². The van der Waals surface area contributed by atoms with Crippen LogP contribution < -0.4 is 5.32 Å². The van der Waals surface area contributed by atoms with E-state index in [1.807, 2.05) is 18.2 Å². The van der Waals surface area contributed by atoms with Gasteiger partial charge >= 0.3 is 0 Å². The molecule has 2 aromatic rings. The summed E-state index contributed by atoms with van der Waals surface area (Å²) >= 11 is 0. The van der Waals surface area contributed by atoms with Crippen molar-refractivity contribution in [3.8, 4) is 0 Å². The lowest BCUT2D eigenvalue weighted by Gasteiger charge is -2.27. The van der Waals surface area contributed by atoms with E-state index < -0.39 is 0 Å². The Morgan fingerprint density at radius 1 is 1.07 bits per heavy atom. The van der Waals surface area contributed by atoms with Crippen LogP contribution in [-0.2, 0) is 34.0 Å². The Balaban J connectivity index is 1.31. The fourth-order valence-corrected chi connectivity index (χ4v) is 3.90. The highest BCUT2D eigenvalue weighted by Gasteiger charge is 2.34. The molecule has 2 aliphatic rings. The highest BCUT2D eigenvalue weighted by atomic mass is 16.5. The molecule has 29 heavy (non-hydrogen) atoms. The molecule has 2 amide bonds. The highest BCUT2D eigenvalue weighted by Crippen LogP contribution is 2.21. The molecule has 7 heteroatoms. The van der Waals surface area contributed by atoms with Gasteiger partial charge in [-0.3, -0.25) is 14.5 Å². The molecule has 1 aromatic carbocycles. The molecule has 2 fully saturated rings. The molecule has 4 rings (SSSR count). The Bertz CT molecular complexity index is 830. The van der Waals surface area contributed by atoms with Gasteiger partial charge in [-0.2, -0.15) is 0 Å². The number of hydrogen-bond donors (Lipinski definition) is 1. The average molecular weight is 397 g/mol. The maximum Gasteiger partial charge on any atom is 0.225 e. The third kappa shape index (κ3) is 5.05. The number of carbonyl (C=O) groups is 2. The number of rotatable bonds is 7. The number of nitrogens with one attached hydrogen (secondary N) is 1. The van der Waals surface area contributed by atoms with E-state index in [2.05, 4.69) is 22.3 Å². The Morgan fingerprint density at radius 2 is 1.86 bits per heavy atom. The van der Waals surface area contributed by atoms with Gasteiger partial charge in [0.15, 0.2) is 0 Å². The van der Waals surface area contributed by atoms with Crippen LogP contribution in [0.15, 0.2) is 47.1 Å². The summed E-state index contributed by atoms with van der Waals surface area (Å²) in [5.41, 5.74) is 2.33. The van der Waals surface area contributed by atoms with Gasteiger partial charge in [-0.25, -0.2) is 0 Å². The Kier molecular flexibility index (Phi) is 6.27. The van der Waals surface area contributed by atoms with Crippen LogP contribution in [0, 0.1) is 5.92 Å². The minimum Gasteiger partial charge on any atom is -0.467 e. The highest BCUT2D eigenvalue weighted by molar-refractivity contribution is 5.89. The van der Waals surface area contributed by atoms with Crippen LogP contribution in [0.2, 0.25) is 0 Å². The third-order valence-electron chi connectivity index (χ3n) is 5.58. The van der Waals surface area contributed by atoms with E-state index in [1.165, 1.54) is 5.56 Å². The van der Waals surface area contributed by atoms with E-state index in [0.717, 1.165) is 44.2 Å². The summed E-state index contributed by atoms with van der Waals surface area (Å²) < 4.78 is 10.7. The molecule has 0 aliphatic carbocycles. The zero-order chi connectivity index (χ0) is 20.1. The van der Waals surface area contributed by atoms with E-state index in [4.69, 9.17) is 9.15 Å². The molecule has 0 spiro atoms. The van der Waals surface area contributed by atoms with Crippen molar-refractivity contribution in [1.29, 1.82) is 0 Å². The molecule has 1 atom stereocenters. The minimum atomic E-state index is -0.316. The van der Waals surface area contributed by atoms with Gasteiger partial charge in [0.25, 0.3) is 0 Å². The lowest BCUT2D eigenvalue weighted by Crippen LogP contribution is -2.36. The third-order valence-corrected chi connectivity index (χ3v) is 5.58. The predicted molar refractivity (Wildman–Crippen MR) is 107 cm³/mol. The number of morpholine rings is 1. The van der Waals surface area contributed by atoms with Crippen molar-refractivity contribution in [3.63, 3.8) is 0 Å². The van der Waals surface area contributed by atoms with Crippen molar-refractivity contribution >= 4 is 11.8 Å². The van der Waals surface area contributed by atoms with E-state index >= 15 is 0 Å². The molecule has 0 saturated carbocycles. The summed E-state index contributed by atoms with van der Waals surface area (Å²) in [5.74, 6) is 0.344. The Morgan fingerprint density at radius 3 is 2.62 bits per heavy atom. The van der Waals surface area contributed by atoms with E-state index in [9.17, 15) is 9.59 Å². The maximum absolute atomic E-state index is 12.7. The standard InChI is InChI=1S/C22H27N3O4/c26-21-12-19(15-25(21)16-20-6-3-9-29-20)22(27)23-13-17-4-1-2-5-18(17)14-24-7-10-28-11-8-24/h1-6,9,19H,7-8,10-16H2,(H,23,27). The number of likely N-dealkylation sites (tertiary alicyclic amines) is 1. The first-order chi connectivity index (χ1) is 14.2. The second kappa shape index (κ2) is 9.24. The van der Waals surface area contributed by atoms with Crippen LogP contribution in [-0.4, -0.2) is 54.5 Å². The molecular formula is C22H27N3O4. The molecule has 2 aliphatic heterocycles. The van der Waals surface area contributed by atoms with Crippen LogP contribution in [0.5, 0.6) is 0 Å². The summed E-state index contributed by atoms with van der Waals surface area (Å²) in [6, 6.07) is 11.8. The molecule has 1 unspecified atom stereocenters. The van der Waals surface area contributed by atoms with Crippen LogP contribution in [0.4, 0.5) is 0 Å². The Hall–Kier alpha value is -2.64. The molecule has 0 bridgehead atoms. The second-order valence-corrected chi connectivity index (χ2v) is 7.63. The Labute approximate surface area is 170 Å². The smallest absolute Gasteiger partial charge is 0.225 e. The van der Waals surface area contributed by atoms with Crippen LogP contribution in [0.1, 0.15) is 23.3 Å². The van der Waals surface area contributed by atoms with Crippen LogP contribution in [0.3, 0.4) is 0 Å². The minimum absolute atomic E-state index is 0.00531. The van der Waals surface area contributed by atoms with Crippen molar-refractivity contribution in [2.75, 3.05) is 32.8 Å². The lowest BCUT2D eigenvalue weighted by molar-refractivity contribution is -0.129. The monoisotopic (exact) mass is 397 g/mol. The van der Waals surface area contributed by atoms with Crippen molar-refractivity contribution in [2.24, 2.45) is 5.92 Å². The fourth-order valence-electron chi connectivity index (χ4n) is 3.90. The van der Waals surface area contributed by atoms with Gasteiger partial charge in [0.1, 0.15) is 5.76 Å². The molecule has 3 heterocycles. The second-order valence-electron chi connectivity index (χ2n) is 7.63. The number of furan rings is 1. The predicted octanol–water partition coefficient (Wildman–Crippen LogP) is 1.78.